The van der Waals surface area contributed by atoms with Crippen molar-refractivity contribution in [1.29, 1.82) is 0 Å². The van der Waals surface area contributed by atoms with Crippen LogP contribution < -0.4 is 4.90 Å². The highest BCUT2D eigenvalue weighted by molar-refractivity contribution is 5.85. The highest BCUT2D eigenvalue weighted by Gasteiger charge is 2.18. The van der Waals surface area contributed by atoms with Crippen molar-refractivity contribution < 1.29 is 4.39 Å². The third-order valence-electron chi connectivity index (χ3n) is 5.47. The van der Waals surface area contributed by atoms with E-state index in [1.807, 2.05) is 18.3 Å². The number of H-pyrrole nitrogens is 1. The van der Waals surface area contributed by atoms with Gasteiger partial charge in [-0.1, -0.05) is 30.3 Å². The lowest BCUT2D eigenvalue weighted by atomic mass is 9.96. The van der Waals surface area contributed by atoms with E-state index in [1.165, 1.54) is 27.8 Å². The second-order valence-electron chi connectivity index (χ2n) is 7.27. The van der Waals surface area contributed by atoms with Gasteiger partial charge < -0.3 is 9.88 Å². The monoisotopic (exact) mass is 356 g/mol. The maximum Gasteiger partial charge on any atom is 0.123 e. The van der Waals surface area contributed by atoms with Crippen molar-refractivity contribution >= 4 is 16.6 Å². The number of rotatable bonds is 3. The molecule has 1 N–H and O–H groups in total. The number of aryl methyl sites for hydroxylation is 1. The fourth-order valence-electron chi connectivity index (χ4n) is 4.04. The molecule has 0 fully saturated rings. The van der Waals surface area contributed by atoms with Gasteiger partial charge in [0, 0.05) is 30.5 Å². The molecule has 0 unspecified atom stereocenters. The summed E-state index contributed by atoms with van der Waals surface area (Å²) in [5, 5.41) is 1.23. The summed E-state index contributed by atoms with van der Waals surface area (Å²) in [6.07, 6.45) is 4.25. The Kier molecular flexibility index (Phi) is 3.93. The highest BCUT2D eigenvalue weighted by Crippen LogP contribution is 2.34. The van der Waals surface area contributed by atoms with E-state index < -0.39 is 0 Å². The summed E-state index contributed by atoms with van der Waals surface area (Å²) in [6.45, 7) is 1.85. The third-order valence-corrected chi connectivity index (χ3v) is 5.47. The second kappa shape index (κ2) is 6.58. The first kappa shape index (κ1) is 16.1. The van der Waals surface area contributed by atoms with Gasteiger partial charge in [0.25, 0.3) is 0 Å². The molecule has 0 aliphatic carbocycles. The van der Waals surface area contributed by atoms with Crippen molar-refractivity contribution in [3.05, 3.63) is 89.9 Å². The van der Waals surface area contributed by atoms with Crippen molar-refractivity contribution in [2.75, 3.05) is 11.4 Å². The molecule has 3 aromatic carbocycles. The van der Waals surface area contributed by atoms with Crippen molar-refractivity contribution in [3.8, 4) is 11.1 Å². The number of hydrogen-bond donors (Lipinski definition) is 1. The average molecular weight is 356 g/mol. The lowest BCUT2D eigenvalue weighted by Gasteiger charge is -2.32. The number of hydrogen-bond acceptors (Lipinski definition) is 1. The predicted molar refractivity (Wildman–Crippen MR) is 110 cm³/mol. The first-order valence-corrected chi connectivity index (χ1v) is 9.46. The maximum absolute atomic E-state index is 13.2. The topological polar surface area (TPSA) is 19.0 Å². The van der Waals surface area contributed by atoms with E-state index >= 15 is 0 Å². The van der Waals surface area contributed by atoms with Gasteiger partial charge in [-0.3, -0.25) is 0 Å². The summed E-state index contributed by atoms with van der Waals surface area (Å²) in [7, 11) is 0. The van der Waals surface area contributed by atoms with Gasteiger partial charge in [-0.25, -0.2) is 4.39 Å². The molecule has 27 heavy (non-hydrogen) atoms. The Bertz CT molecular complexity index is 1100. The van der Waals surface area contributed by atoms with E-state index in [1.54, 1.807) is 12.1 Å². The molecule has 0 saturated carbocycles. The number of nitrogens with zero attached hydrogens (tertiary/aromatic N) is 1. The Hall–Kier alpha value is -3.07. The zero-order valence-corrected chi connectivity index (χ0v) is 15.1. The molecule has 0 saturated heterocycles. The van der Waals surface area contributed by atoms with Crippen LogP contribution in [0.25, 0.3) is 22.0 Å². The van der Waals surface area contributed by atoms with E-state index in [4.69, 9.17) is 0 Å². The standard InChI is InChI=1S/C24H21FN2/c25-22-8-3-17(4-9-22)16-27-13-1-2-18-5-6-20(15-24(18)27)19-7-10-23-21(14-19)11-12-26-23/h3-12,14-15,26H,1-2,13,16H2. The fraction of sp³-hybridized carbons (Fsp3) is 0.167. The van der Waals surface area contributed by atoms with Crippen LogP contribution in [0, 0.1) is 5.82 Å². The molecule has 1 aromatic heterocycles. The van der Waals surface area contributed by atoms with Crippen LogP contribution >= 0.6 is 0 Å². The molecule has 3 heteroatoms. The number of fused-ring (bicyclic) bond motifs is 2. The van der Waals surface area contributed by atoms with Crippen molar-refractivity contribution in [3.63, 3.8) is 0 Å². The molecule has 134 valence electrons. The van der Waals surface area contributed by atoms with Gasteiger partial charge in [-0.2, -0.15) is 0 Å². The van der Waals surface area contributed by atoms with Crippen LogP contribution in [0.1, 0.15) is 17.5 Å². The van der Waals surface area contributed by atoms with Crippen LogP contribution in [0.3, 0.4) is 0 Å². The Morgan fingerprint density at radius 3 is 2.59 bits per heavy atom. The molecule has 2 nitrogen and oxygen atoms in total. The van der Waals surface area contributed by atoms with Gasteiger partial charge >= 0.3 is 0 Å². The van der Waals surface area contributed by atoms with Crippen LogP contribution in [0.4, 0.5) is 10.1 Å². The first-order valence-electron chi connectivity index (χ1n) is 9.46. The van der Waals surface area contributed by atoms with E-state index in [9.17, 15) is 4.39 Å². The summed E-state index contributed by atoms with van der Waals surface area (Å²) in [6, 6.07) is 22.3. The SMILES string of the molecule is Fc1ccc(CN2CCCc3ccc(-c4ccc5[nH]ccc5c4)cc32)cc1. The molecule has 1 aliphatic heterocycles. The number of aromatic amines is 1. The third kappa shape index (κ3) is 3.10. The maximum atomic E-state index is 13.2. The number of anilines is 1. The normalized spacial score (nSPS) is 13.7. The smallest absolute Gasteiger partial charge is 0.123 e. The summed E-state index contributed by atoms with van der Waals surface area (Å²) in [5.41, 5.74) is 7.48. The molecule has 5 rings (SSSR count). The Morgan fingerprint density at radius 1 is 0.889 bits per heavy atom. The molecule has 0 radical (unpaired) electrons. The molecule has 0 amide bonds. The zero-order valence-electron chi connectivity index (χ0n) is 15.1. The Balaban J connectivity index is 1.50. The minimum atomic E-state index is -0.180. The average Bonchev–Trinajstić information content (AvgIpc) is 3.17. The van der Waals surface area contributed by atoms with Gasteiger partial charge in [0.1, 0.15) is 5.82 Å². The highest BCUT2D eigenvalue weighted by atomic mass is 19.1. The van der Waals surface area contributed by atoms with E-state index in [0.717, 1.165) is 37.0 Å². The molecular formula is C24H21FN2. The van der Waals surface area contributed by atoms with E-state index in [-0.39, 0.29) is 5.82 Å². The Labute approximate surface area is 158 Å². The van der Waals surface area contributed by atoms with Crippen molar-refractivity contribution in [2.24, 2.45) is 0 Å². The van der Waals surface area contributed by atoms with Crippen LogP contribution in [0.15, 0.2) is 72.9 Å². The predicted octanol–water partition coefficient (Wildman–Crippen LogP) is 5.93. The molecular weight excluding hydrogens is 335 g/mol. The molecule has 0 spiro atoms. The van der Waals surface area contributed by atoms with Crippen molar-refractivity contribution in [2.45, 2.75) is 19.4 Å². The summed E-state index contributed by atoms with van der Waals surface area (Å²) >= 11 is 0. The van der Waals surface area contributed by atoms with E-state index in [2.05, 4.69) is 52.3 Å². The largest absolute Gasteiger partial charge is 0.367 e. The minimum absolute atomic E-state index is 0.180. The number of nitrogens with one attached hydrogen (secondary N) is 1. The molecule has 0 bridgehead atoms. The summed E-state index contributed by atoms with van der Waals surface area (Å²) in [4.78, 5) is 5.67. The molecule has 1 aliphatic rings. The van der Waals surface area contributed by atoms with Gasteiger partial charge in [0.2, 0.25) is 0 Å². The van der Waals surface area contributed by atoms with Crippen LogP contribution in [-0.2, 0) is 13.0 Å². The molecule has 2 heterocycles. The van der Waals surface area contributed by atoms with Gasteiger partial charge in [-0.05, 0) is 76.9 Å². The fourth-order valence-corrected chi connectivity index (χ4v) is 4.04. The Morgan fingerprint density at radius 2 is 1.70 bits per heavy atom. The van der Waals surface area contributed by atoms with Crippen LogP contribution in [0.5, 0.6) is 0 Å². The van der Waals surface area contributed by atoms with Gasteiger partial charge in [-0.15, -0.1) is 0 Å². The quantitative estimate of drug-likeness (QED) is 0.482. The van der Waals surface area contributed by atoms with Gasteiger partial charge in [0.05, 0.1) is 0 Å². The van der Waals surface area contributed by atoms with Crippen LogP contribution in [-0.4, -0.2) is 11.5 Å². The van der Waals surface area contributed by atoms with Crippen LogP contribution in [0.2, 0.25) is 0 Å². The van der Waals surface area contributed by atoms with Crippen molar-refractivity contribution in [1.82, 2.24) is 4.98 Å². The molecule has 0 atom stereocenters. The number of aromatic nitrogens is 1. The second-order valence-corrected chi connectivity index (χ2v) is 7.27. The lowest BCUT2D eigenvalue weighted by molar-refractivity contribution is 0.626. The minimum Gasteiger partial charge on any atom is -0.367 e. The lowest BCUT2D eigenvalue weighted by Crippen LogP contribution is -2.28. The zero-order chi connectivity index (χ0) is 18.2. The molecule has 4 aromatic rings. The summed E-state index contributed by atoms with van der Waals surface area (Å²) in [5.74, 6) is -0.180. The van der Waals surface area contributed by atoms with Gasteiger partial charge in [0.15, 0.2) is 0 Å². The van der Waals surface area contributed by atoms with E-state index in [0.29, 0.717) is 0 Å². The number of benzene rings is 3. The first-order chi connectivity index (χ1) is 13.3. The summed E-state index contributed by atoms with van der Waals surface area (Å²) < 4.78 is 13.2. The number of halogens is 1.